The van der Waals surface area contributed by atoms with Crippen molar-refractivity contribution in [3.05, 3.63) is 41.3 Å². The molecule has 2 aromatic rings. The van der Waals surface area contributed by atoms with Crippen molar-refractivity contribution in [3.8, 4) is 0 Å². The summed E-state index contributed by atoms with van der Waals surface area (Å²) in [7, 11) is 1.84. The molecule has 0 saturated carbocycles. The minimum atomic E-state index is -0.0315. The molecule has 1 aliphatic rings. The molecule has 132 valence electrons. The summed E-state index contributed by atoms with van der Waals surface area (Å²) in [6, 6.07) is 5.37. The smallest absolute Gasteiger partial charge is 0.274 e. The van der Waals surface area contributed by atoms with Crippen LogP contribution in [0.5, 0.6) is 0 Å². The van der Waals surface area contributed by atoms with Gasteiger partial charge >= 0.3 is 0 Å². The van der Waals surface area contributed by atoms with E-state index in [1.807, 2.05) is 31.0 Å². The first-order chi connectivity index (χ1) is 12.0. The van der Waals surface area contributed by atoms with Crippen LogP contribution in [0.15, 0.2) is 24.4 Å². The summed E-state index contributed by atoms with van der Waals surface area (Å²) < 4.78 is 1.72. The average molecular weight is 341 g/mol. The van der Waals surface area contributed by atoms with E-state index in [-0.39, 0.29) is 11.7 Å². The van der Waals surface area contributed by atoms with Gasteiger partial charge in [-0.05, 0) is 38.5 Å². The van der Waals surface area contributed by atoms with Crippen LogP contribution >= 0.6 is 0 Å². The van der Waals surface area contributed by atoms with E-state index < -0.39 is 0 Å². The second-order valence-electron chi connectivity index (χ2n) is 6.39. The molecule has 3 rings (SSSR count). The highest BCUT2D eigenvalue weighted by molar-refractivity contribution is 5.94. The molecule has 1 amide bonds. The molecule has 0 unspecified atom stereocenters. The molecule has 0 atom stereocenters. The van der Waals surface area contributed by atoms with Crippen LogP contribution in [-0.2, 0) is 7.05 Å². The summed E-state index contributed by atoms with van der Waals surface area (Å²) in [6.45, 7) is 6.28. The average Bonchev–Trinajstić information content (AvgIpc) is 2.81. The zero-order chi connectivity index (χ0) is 18.0. The number of carbonyl (C=O) groups is 2. The number of rotatable bonds is 3. The molecule has 0 spiro atoms. The Kier molecular flexibility index (Phi) is 4.83. The van der Waals surface area contributed by atoms with Gasteiger partial charge in [0.1, 0.15) is 5.82 Å². The number of hydrogen-bond acceptors (Lipinski definition) is 5. The summed E-state index contributed by atoms with van der Waals surface area (Å²) >= 11 is 0. The molecule has 0 N–H and O–H groups in total. The van der Waals surface area contributed by atoms with Gasteiger partial charge < -0.3 is 9.80 Å². The first-order valence-electron chi connectivity index (χ1n) is 8.47. The lowest BCUT2D eigenvalue weighted by molar-refractivity contribution is 0.0760. The van der Waals surface area contributed by atoms with E-state index in [0.717, 1.165) is 24.5 Å². The van der Waals surface area contributed by atoms with Gasteiger partial charge in [-0.3, -0.25) is 14.3 Å². The van der Waals surface area contributed by atoms with Crippen LogP contribution in [0.3, 0.4) is 0 Å². The van der Waals surface area contributed by atoms with E-state index in [4.69, 9.17) is 0 Å². The monoisotopic (exact) mass is 341 g/mol. The van der Waals surface area contributed by atoms with Crippen molar-refractivity contribution < 1.29 is 9.59 Å². The quantitative estimate of drug-likeness (QED) is 0.794. The zero-order valence-corrected chi connectivity index (χ0v) is 14.9. The number of Topliss-reactive ketones (excluding diaryl/α,β-unsaturated/α-hetero) is 1. The normalized spacial score (nSPS) is 15.2. The van der Waals surface area contributed by atoms with Gasteiger partial charge in [-0.2, -0.15) is 5.10 Å². The zero-order valence-electron chi connectivity index (χ0n) is 14.9. The Bertz CT molecular complexity index is 779. The Balaban J connectivity index is 1.71. The number of aromatic nitrogens is 3. The van der Waals surface area contributed by atoms with Gasteiger partial charge in [-0.25, -0.2) is 4.98 Å². The van der Waals surface area contributed by atoms with Crippen molar-refractivity contribution in [2.24, 2.45) is 7.05 Å². The third-order valence-electron chi connectivity index (χ3n) is 4.59. The maximum atomic E-state index is 12.7. The second-order valence-corrected chi connectivity index (χ2v) is 6.39. The van der Waals surface area contributed by atoms with Gasteiger partial charge in [0.15, 0.2) is 11.5 Å². The maximum absolute atomic E-state index is 12.7. The van der Waals surface area contributed by atoms with Crippen molar-refractivity contribution >= 4 is 17.5 Å². The summed E-state index contributed by atoms with van der Waals surface area (Å²) in [5.74, 6) is 0.785. The number of ketones is 1. The highest BCUT2D eigenvalue weighted by Gasteiger charge is 2.23. The minimum Gasteiger partial charge on any atom is -0.355 e. The first-order valence-corrected chi connectivity index (χ1v) is 8.47. The van der Waals surface area contributed by atoms with Gasteiger partial charge in [0.05, 0.1) is 0 Å². The molecule has 0 radical (unpaired) electrons. The fourth-order valence-electron chi connectivity index (χ4n) is 2.99. The van der Waals surface area contributed by atoms with Crippen molar-refractivity contribution in [3.63, 3.8) is 0 Å². The van der Waals surface area contributed by atoms with Crippen molar-refractivity contribution in [1.29, 1.82) is 0 Å². The number of anilines is 1. The van der Waals surface area contributed by atoms with Gasteiger partial charge in [0.2, 0.25) is 0 Å². The third-order valence-corrected chi connectivity index (χ3v) is 4.59. The number of pyridine rings is 1. The summed E-state index contributed by atoms with van der Waals surface area (Å²) in [4.78, 5) is 32.6. The largest absolute Gasteiger partial charge is 0.355 e. The van der Waals surface area contributed by atoms with Crippen LogP contribution in [0, 0.1) is 6.92 Å². The van der Waals surface area contributed by atoms with Crippen LogP contribution < -0.4 is 4.90 Å². The standard InChI is InChI=1S/C18H23N5O2/c1-13-11-16(20-21(13)3)18(25)23-8-4-7-22(9-10-23)17-12-15(14(2)24)5-6-19-17/h5-6,11-12H,4,7-10H2,1-3H3. The first kappa shape index (κ1) is 17.1. The lowest BCUT2D eigenvalue weighted by Gasteiger charge is -2.22. The molecule has 3 heterocycles. The van der Waals surface area contributed by atoms with E-state index in [0.29, 0.717) is 30.9 Å². The van der Waals surface area contributed by atoms with Gasteiger partial charge in [-0.1, -0.05) is 0 Å². The number of nitrogens with zero attached hydrogens (tertiary/aromatic N) is 5. The Morgan fingerprint density at radius 1 is 1.12 bits per heavy atom. The van der Waals surface area contributed by atoms with E-state index in [1.165, 1.54) is 0 Å². The van der Waals surface area contributed by atoms with Crippen LogP contribution in [-0.4, -0.2) is 57.5 Å². The molecule has 2 aromatic heterocycles. The molecule has 1 fully saturated rings. The highest BCUT2D eigenvalue weighted by atomic mass is 16.2. The van der Waals surface area contributed by atoms with Crippen molar-refractivity contribution in [2.75, 3.05) is 31.1 Å². The van der Waals surface area contributed by atoms with Crippen molar-refractivity contribution in [2.45, 2.75) is 20.3 Å². The Hall–Kier alpha value is -2.70. The molecule has 0 bridgehead atoms. The molecule has 25 heavy (non-hydrogen) atoms. The maximum Gasteiger partial charge on any atom is 0.274 e. The Morgan fingerprint density at radius 2 is 1.92 bits per heavy atom. The SMILES string of the molecule is CC(=O)c1ccnc(N2CCCN(C(=O)c3cc(C)n(C)n3)CC2)c1. The fraction of sp³-hybridized carbons (Fsp3) is 0.444. The van der Waals surface area contributed by atoms with Crippen LogP contribution in [0.2, 0.25) is 0 Å². The molecule has 0 aliphatic carbocycles. The lowest BCUT2D eigenvalue weighted by Crippen LogP contribution is -2.35. The third kappa shape index (κ3) is 3.70. The van der Waals surface area contributed by atoms with Crippen LogP contribution in [0.4, 0.5) is 5.82 Å². The summed E-state index contributed by atoms with van der Waals surface area (Å²) in [5.41, 5.74) is 2.11. The van der Waals surface area contributed by atoms with E-state index in [9.17, 15) is 9.59 Å². The van der Waals surface area contributed by atoms with Crippen LogP contribution in [0.1, 0.15) is 39.9 Å². The molecule has 1 saturated heterocycles. The number of aryl methyl sites for hydroxylation is 2. The highest BCUT2D eigenvalue weighted by Crippen LogP contribution is 2.17. The Labute approximate surface area is 147 Å². The summed E-state index contributed by atoms with van der Waals surface area (Å²) in [5, 5.41) is 4.29. The predicted molar refractivity (Wildman–Crippen MR) is 94.9 cm³/mol. The summed E-state index contributed by atoms with van der Waals surface area (Å²) in [6.07, 6.45) is 2.51. The van der Waals surface area contributed by atoms with Gasteiger partial charge in [0, 0.05) is 50.7 Å². The van der Waals surface area contributed by atoms with Gasteiger partial charge in [0.25, 0.3) is 5.91 Å². The molecule has 7 nitrogen and oxygen atoms in total. The van der Waals surface area contributed by atoms with E-state index in [2.05, 4.69) is 15.0 Å². The van der Waals surface area contributed by atoms with Crippen LogP contribution in [0.25, 0.3) is 0 Å². The predicted octanol–water partition coefficient (Wildman–Crippen LogP) is 1.68. The second kappa shape index (κ2) is 7.04. The number of hydrogen-bond donors (Lipinski definition) is 0. The molecule has 1 aliphatic heterocycles. The molecular weight excluding hydrogens is 318 g/mol. The van der Waals surface area contributed by atoms with Crippen molar-refractivity contribution in [1.82, 2.24) is 19.7 Å². The molecule has 7 heteroatoms. The number of carbonyl (C=O) groups excluding carboxylic acids is 2. The lowest BCUT2D eigenvalue weighted by atomic mass is 10.2. The molecular formula is C18H23N5O2. The van der Waals surface area contributed by atoms with E-state index >= 15 is 0 Å². The minimum absolute atomic E-state index is 0.0285. The fourth-order valence-corrected chi connectivity index (χ4v) is 2.99. The number of amides is 1. The van der Waals surface area contributed by atoms with Gasteiger partial charge in [-0.15, -0.1) is 0 Å². The van der Waals surface area contributed by atoms with E-state index in [1.54, 1.807) is 23.9 Å². The molecule has 0 aromatic carbocycles. The Morgan fingerprint density at radius 3 is 2.60 bits per heavy atom. The topological polar surface area (TPSA) is 71.3 Å².